The van der Waals surface area contributed by atoms with Crippen LogP contribution in [0.3, 0.4) is 0 Å². The zero-order valence-electron chi connectivity index (χ0n) is 14.9. The fourth-order valence-corrected chi connectivity index (χ4v) is 2.97. The Hall–Kier alpha value is -2.57. The smallest absolute Gasteiger partial charge is 0.248 e. The van der Waals surface area contributed by atoms with Crippen LogP contribution in [-0.2, 0) is 4.79 Å². The molecule has 1 atom stereocenters. The Balaban J connectivity index is 0.00000261. The van der Waals surface area contributed by atoms with Gasteiger partial charge in [0.25, 0.3) is 0 Å². The number of nitrogens with two attached hydrogens (primary N) is 1. The van der Waals surface area contributed by atoms with Gasteiger partial charge in [-0.25, -0.2) is 0 Å². The van der Waals surface area contributed by atoms with Gasteiger partial charge in [0.1, 0.15) is 11.5 Å². The van der Waals surface area contributed by atoms with E-state index in [-0.39, 0.29) is 18.3 Å². The lowest BCUT2D eigenvalue weighted by atomic mass is 10.0. The Morgan fingerprint density at radius 2 is 1.93 bits per heavy atom. The molecule has 0 radical (unpaired) electrons. The molecule has 1 fully saturated rings. The van der Waals surface area contributed by atoms with E-state index in [1.807, 2.05) is 0 Å². The minimum absolute atomic E-state index is 0. The number of benzene rings is 2. The predicted molar refractivity (Wildman–Crippen MR) is 108 cm³/mol. The number of hydrogen-bond acceptors (Lipinski definition) is 4. The second-order valence-corrected chi connectivity index (χ2v) is 6.46. The zero-order chi connectivity index (χ0) is 18.4. The van der Waals surface area contributed by atoms with Crippen LogP contribution in [0.1, 0.15) is 29.6 Å². The quantitative estimate of drug-likeness (QED) is 0.677. The van der Waals surface area contributed by atoms with Crippen molar-refractivity contribution in [2.24, 2.45) is 11.7 Å². The number of anilines is 1. The van der Waals surface area contributed by atoms with E-state index in [1.165, 1.54) is 0 Å². The summed E-state index contributed by atoms with van der Waals surface area (Å²) in [5.41, 5.74) is 6.40. The molecule has 2 aromatic rings. The van der Waals surface area contributed by atoms with E-state index in [1.54, 1.807) is 48.5 Å². The van der Waals surface area contributed by atoms with Crippen molar-refractivity contribution < 1.29 is 14.3 Å². The van der Waals surface area contributed by atoms with Crippen molar-refractivity contribution >= 4 is 29.9 Å². The zero-order valence-corrected chi connectivity index (χ0v) is 15.8. The third-order valence-electron chi connectivity index (χ3n) is 4.43. The summed E-state index contributed by atoms with van der Waals surface area (Å²) in [6, 6.07) is 13.8. The Labute approximate surface area is 164 Å². The Bertz CT molecular complexity index is 774. The maximum atomic E-state index is 12.0. The van der Waals surface area contributed by atoms with Crippen LogP contribution in [0.5, 0.6) is 11.5 Å². The summed E-state index contributed by atoms with van der Waals surface area (Å²) >= 11 is 0. The number of carbonyl (C=O) groups is 2. The lowest BCUT2D eigenvalue weighted by Crippen LogP contribution is -2.14. The third kappa shape index (κ3) is 6.27. The third-order valence-corrected chi connectivity index (χ3v) is 4.43. The van der Waals surface area contributed by atoms with Gasteiger partial charge in [0, 0.05) is 17.7 Å². The van der Waals surface area contributed by atoms with Gasteiger partial charge in [-0.15, -0.1) is 12.4 Å². The van der Waals surface area contributed by atoms with E-state index in [4.69, 9.17) is 10.5 Å². The Kier molecular flexibility index (Phi) is 7.64. The molecule has 1 saturated heterocycles. The van der Waals surface area contributed by atoms with E-state index in [2.05, 4.69) is 10.6 Å². The van der Waals surface area contributed by atoms with Gasteiger partial charge < -0.3 is 21.1 Å². The number of amides is 2. The lowest BCUT2D eigenvalue weighted by Gasteiger charge is -2.10. The fourth-order valence-electron chi connectivity index (χ4n) is 2.97. The van der Waals surface area contributed by atoms with Crippen LogP contribution >= 0.6 is 12.4 Å². The van der Waals surface area contributed by atoms with E-state index >= 15 is 0 Å². The standard InChI is InChI=1S/C20H23N3O3.ClH/c21-20(25)15-2-1-3-18(12-15)26-17-7-5-16(6-8-17)23-19(24)9-4-14-10-11-22-13-14;/h1-3,5-8,12,14,22H,4,9-11,13H2,(H2,21,25)(H,23,24);1H. The van der Waals surface area contributed by atoms with Gasteiger partial charge in [0.15, 0.2) is 0 Å². The molecule has 27 heavy (non-hydrogen) atoms. The molecule has 0 spiro atoms. The number of nitrogens with one attached hydrogen (secondary N) is 2. The largest absolute Gasteiger partial charge is 0.457 e. The summed E-state index contributed by atoms with van der Waals surface area (Å²) in [5.74, 6) is 1.28. The molecule has 0 saturated carbocycles. The number of ether oxygens (including phenoxy) is 1. The van der Waals surface area contributed by atoms with Crippen LogP contribution in [-0.4, -0.2) is 24.9 Å². The molecule has 1 aliphatic heterocycles. The maximum Gasteiger partial charge on any atom is 0.248 e. The van der Waals surface area contributed by atoms with Crippen molar-refractivity contribution in [2.45, 2.75) is 19.3 Å². The SMILES string of the molecule is Cl.NC(=O)c1cccc(Oc2ccc(NC(=O)CCC3CCNC3)cc2)c1. The van der Waals surface area contributed by atoms with Crippen LogP contribution in [0.4, 0.5) is 5.69 Å². The Morgan fingerprint density at radius 1 is 1.15 bits per heavy atom. The molecular weight excluding hydrogens is 366 g/mol. The molecule has 1 unspecified atom stereocenters. The molecule has 144 valence electrons. The first-order valence-corrected chi connectivity index (χ1v) is 8.78. The highest BCUT2D eigenvalue weighted by Crippen LogP contribution is 2.24. The Morgan fingerprint density at radius 3 is 2.59 bits per heavy atom. The number of carbonyl (C=O) groups excluding carboxylic acids is 2. The summed E-state index contributed by atoms with van der Waals surface area (Å²) in [5, 5.41) is 6.22. The van der Waals surface area contributed by atoms with Gasteiger partial charge in [-0.05, 0) is 74.3 Å². The van der Waals surface area contributed by atoms with E-state index in [9.17, 15) is 9.59 Å². The highest BCUT2D eigenvalue weighted by molar-refractivity contribution is 5.93. The first-order valence-electron chi connectivity index (χ1n) is 8.78. The van der Waals surface area contributed by atoms with E-state index in [0.29, 0.717) is 29.4 Å². The topological polar surface area (TPSA) is 93.5 Å². The van der Waals surface area contributed by atoms with Gasteiger partial charge in [0.2, 0.25) is 11.8 Å². The number of hydrogen-bond donors (Lipinski definition) is 3. The van der Waals surface area contributed by atoms with Crippen molar-refractivity contribution in [3.05, 3.63) is 54.1 Å². The molecule has 7 heteroatoms. The average Bonchev–Trinajstić information content (AvgIpc) is 3.15. The summed E-state index contributed by atoms with van der Waals surface area (Å²) in [6.45, 7) is 2.06. The second-order valence-electron chi connectivity index (χ2n) is 6.46. The minimum atomic E-state index is -0.498. The molecule has 3 rings (SSSR count). The monoisotopic (exact) mass is 389 g/mol. The normalized spacial score (nSPS) is 15.6. The average molecular weight is 390 g/mol. The first-order chi connectivity index (χ1) is 12.6. The van der Waals surface area contributed by atoms with Gasteiger partial charge >= 0.3 is 0 Å². The molecule has 0 aliphatic carbocycles. The predicted octanol–water partition coefficient (Wildman–Crippen LogP) is 3.33. The van der Waals surface area contributed by atoms with E-state index < -0.39 is 5.91 Å². The van der Waals surface area contributed by atoms with Crippen molar-refractivity contribution in [1.29, 1.82) is 0 Å². The van der Waals surface area contributed by atoms with Crippen molar-refractivity contribution in [3.63, 3.8) is 0 Å². The molecular formula is C20H24ClN3O3. The summed E-state index contributed by atoms with van der Waals surface area (Å²) in [6.07, 6.45) is 2.59. The molecule has 6 nitrogen and oxygen atoms in total. The van der Waals surface area contributed by atoms with Crippen molar-refractivity contribution in [1.82, 2.24) is 5.32 Å². The molecule has 0 bridgehead atoms. The van der Waals surface area contributed by atoms with Crippen LogP contribution in [0.25, 0.3) is 0 Å². The minimum Gasteiger partial charge on any atom is -0.457 e. The molecule has 0 aromatic heterocycles. The first kappa shape index (κ1) is 20.7. The lowest BCUT2D eigenvalue weighted by molar-refractivity contribution is -0.116. The van der Waals surface area contributed by atoms with Gasteiger partial charge in [0.05, 0.1) is 0 Å². The molecule has 2 aromatic carbocycles. The number of halogens is 1. The number of rotatable bonds is 7. The van der Waals surface area contributed by atoms with Crippen molar-refractivity contribution in [3.8, 4) is 11.5 Å². The summed E-state index contributed by atoms with van der Waals surface area (Å²) in [4.78, 5) is 23.3. The highest BCUT2D eigenvalue weighted by Gasteiger charge is 2.15. The number of primary amides is 1. The van der Waals surface area contributed by atoms with Crippen molar-refractivity contribution in [2.75, 3.05) is 18.4 Å². The van der Waals surface area contributed by atoms with E-state index in [0.717, 1.165) is 31.6 Å². The second kappa shape index (κ2) is 9.94. The van der Waals surface area contributed by atoms with Crippen LogP contribution in [0.15, 0.2) is 48.5 Å². The fraction of sp³-hybridized carbons (Fsp3) is 0.300. The highest BCUT2D eigenvalue weighted by atomic mass is 35.5. The molecule has 4 N–H and O–H groups in total. The molecule has 1 aliphatic rings. The van der Waals surface area contributed by atoms with Crippen LogP contribution in [0.2, 0.25) is 0 Å². The molecule has 2 amide bonds. The van der Waals surface area contributed by atoms with Crippen LogP contribution < -0.4 is 21.1 Å². The van der Waals surface area contributed by atoms with Gasteiger partial charge in [-0.1, -0.05) is 6.07 Å². The molecule has 1 heterocycles. The summed E-state index contributed by atoms with van der Waals surface area (Å²) in [7, 11) is 0. The summed E-state index contributed by atoms with van der Waals surface area (Å²) < 4.78 is 5.72. The van der Waals surface area contributed by atoms with Gasteiger partial charge in [-0.2, -0.15) is 0 Å². The van der Waals surface area contributed by atoms with Crippen LogP contribution in [0, 0.1) is 5.92 Å². The van der Waals surface area contributed by atoms with Gasteiger partial charge in [-0.3, -0.25) is 9.59 Å². The maximum absolute atomic E-state index is 12.0.